The van der Waals surface area contributed by atoms with Crippen LogP contribution in [-0.2, 0) is 18.0 Å². The van der Waals surface area contributed by atoms with E-state index in [2.05, 4.69) is 4.31 Å². The average Bonchev–Trinajstić information content (AvgIpc) is 1.44. The standard InChI is InChI=1S/H5N2O7P3/c3-10(4)1-11(5,6)9-12(7,8)2-10/h(H5,1,2,3,4,5,6,7,8). The van der Waals surface area contributed by atoms with Gasteiger partial charge >= 0.3 is 23.2 Å². The lowest BCUT2D eigenvalue weighted by Crippen LogP contribution is -2.25. The Morgan fingerprint density at radius 3 is 1.50 bits per heavy atom. The summed E-state index contributed by atoms with van der Waals surface area (Å²) in [6.07, 6.45) is 0. The zero-order valence-electron chi connectivity index (χ0n) is 5.32. The molecule has 0 saturated carbocycles. The molecule has 0 aromatic heterocycles. The zero-order chi connectivity index (χ0) is 9.62. The topological polar surface area (TPSA) is 145 Å². The van der Waals surface area contributed by atoms with Crippen LogP contribution < -0.4 is 9.72 Å². The summed E-state index contributed by atoms with van der Waals surface area (Å²) in [4.78, 5) is 28.2. The minimum atomic E-state index is -4.67. The van der Waals surface area contributed by atoms with Crippen LogP contribution in [0.2, 0.25) is 0 Å². The van der Waals surface area contributed by atoms with Gasteiger partial charge in [0.05, 0.1) is 0 Å². The molecule has 0 aromatic rings. The van der Waals surface area contributed by atoms with E-state index in [9.17, 15) is 13.7 Å². The molecule has 2 atom stereocenters. The van der Waals surface area contributed by atoms with E-state index in [1.54, 1.807) is 0 Å². The Kier molecular flexibility index (Phi) is 2.38. The molecule has 72 valence electrons. The Morgan fingerprint density at radius 1 is 0.917 bits per heavy atom. The van der Waals surface area contributed by atoms with Gasteiger partial charge in [0.1, 0.15) is 0 Å². The van der Waals surface area contributed by atoms with Crippen molar-refractivity contribution in [3.63, 3.8) is 0 Å². The largest absolute Gasteiger partial charge is 0.419 e. The lowest BCUT2D eigenvalue weighted by Gasteiger charge is -2.26. The van der Waals surface area contributed by atoms with Crippen molar-refractivity contribution in [3.05, 3.63) is 0 Å². The minimum absolute atomic E-state index is 1.24. The first-order valence-corrected chi connectivity index (χ1v) is 7.22. The molecule has 2 unspecified atom stereocenters. The molecule has 0 aliphatic carbocycles. The first-order valence-electron chi connectivity index (χ1n) is 2.41. The Labute approximate surface area is 66.5 Å². The highest BCUT2D eigenvalue weighted by atomic mass is 31.3. The lowest BCUT2D eigenvalue weighted by molar-refractivity contribution is 0.312. The number of nitrogens with one attached hydrogen (secondary N) is 2. The maximum atomic E-state index is 10.7. The quantitative estimate of drug-likeness (QED) is 0.352. The SMILES string of the molecule is O=P1(O)NP(=O)(O)OP(=O)(O)N1. The van der Waals surface area contributed by atoms with Crippen molar-refractivity contribution in [2.24, 2.45) is 0 Å². The van der Waals surface area contributed by atoms with Crippen LogP contribution in [0, 0.1) is 0 Å². The summed E-state index contributed by atoms with van der Waals surface area (Å²) >= 11 is 0. The van der Waals surface area contributed by atoms with E-state index < -0.39 is 23.2 Å². The van der Waals surface area contributed by atoms with Crippen LogP contribution in [0.1, 0.15) is 0 Å². The van der Waals surface area contributed by atoms with E-state index in [1.807, 2.05) is 0 Å². The van der Waals surface area contributed by atoms with Gasteiger partial charge in [-0.15, -0.1) is 9.72 Å². The predicted molar refractivity (Wildman–Crippen MR) is 36.8 cm³/mol. The van der Waals surface area contributed by atoms with Crippen molar-refractivity contribution in [2.45, 2.75) is 0 Å². The van der Waals surface area contributed by atoms with Crippen LogP contribution in [0.4, 0.5) is 0 Å². The number of hydrogen-bond donors (Lipinski definition) is 5. The Bertz CT molecular complexity index is 261. The molecule has 9 nitrogen and oxygen atoms in total. The average molecular weight is 238 g/mol. The van der Waals surface area contributed by atoms with Gasteiger partial charge in [0, 0.05) is 0 Å². The van der Waals surface area contributed by atoms with Gasteiger partial charge in [-0.05, 0) is 0 Å². The van der Waals surface area contributed by atoms with Gasteiger partial charge < -0.3 is 14.7 Å². The van der Waals surface area contributed by atoms with Crippen LogP contribution in [0.3, 0.4) is 0 Å². The van der Waals surface area contributed by atoms with Crippen molar-refractivity contribution in [2.75, 3.05) is 0 Å². The molecule has 1 aliphatic rings. The first kappa shape index (κ1) is 10.5. The highest BCUT2D eigenvalue weighted by Crippen LogP contribution is 2.67. The van der Waals surface area contributed by atoms with Gasteiger partial charge in [-0.3, -0.25) is 4.57 Å². The summed E-state index contributed by atoms with van der Waals surface area (Å²) in [6.45, 7) is 0. The number of rotatable bonds is 0. The molecule has 1 fully saturated rings. The van der Waals surface area contributed by atoms with Crippen LogP contribution >= 0.6 is 23.2 Å². The molecule has 12 heavy (non-hydrogen) atoms. The van der Waals surface area contributed by atoms with Crippen LogP contribution in [0.5, 0.6) is 0 Å². The van der Waals surface area contributed by atoms with E-state index in [0.717, 1.165) is 0 Å². The summed E-state index contributed by atoms with van der Waals surface area (Å²) in [5.74, 6) is 0. The fraction of sp³-hybridized carbons (Fsp3) is 0. The second-order valence-corrected chi connectivity index (χ2v) is 7.39. The fourth-order valence-corrected chi connectivity index (χ4v) is 6.02. The molecule has 12 heteroatoms. The Hall–Kier alpha value is 0.450. The molecule has 0 spiro atoms. The van der Waals surface area contributed by atoms with Crippen LogP contribution in [0.15, 0.2) is 0 Å². The predicted octanol–water partition coefficient (Wildman–Crippen LogP) is -0.503. The molecule has 5 N–H and O–H groups in total. The Balaban J connectivity index is 3.05. The van der Waals surface area contributed by atoms with Crippen molar-refractivity contribution in [1.82, 2.24) is 9.72 Å². The summed E-state index contributed by atoms with van der Waals surface area (Å²) in [5.41, 5.74) is 0. The molecular weight excluding hydrogens is 233 g/mol. The van der Waals surface area contributed by atoms with E-state index in [4.69, 9.17) is 14.7 Å². The van der Waals surface area contributed by atoms with Gasteiger partial charge in [0.25, 0.3) is 0 Å². The maximum Gasteiger partial charge on any atom is 0.419 e. The molecule has 0 aromatic carbocycles. The van der Waals surface area contributed by atoms with Crippen molar-refractivity contribution < 1.29 is 32.7 Å². The third-order valence-electron chi connectivity index (χ3n) is 0.745. The summed E-state index contributed by atoms with van der Waals surface area (Å²) in [6, 6.07) is 0. The summed E-state index contributed by atoms with van der Waals surface area (Å²) in [7, 11) is -13.8. The summed E-state index contributed by atoms with van der Waals surface area (Å²) < 4.78 is 35.5. The second-order valence-electron chi connectivity index (χ2n) is 1.90. The first-order chi connectivity index (χ1) is 5.12. The number of hydrogen-bond acceptors (Lipinski definition) is 4. The van der Waals surface area contributed by atoms with Gasteiger partial charge in [-0.25, -0.2) is 13.4 Å². The third kappa shape index (κ3) is 2.74. The van der Waals surface area contributed by atoms with Crippen molar-refractivity contribution in [1.29, 1.82) is 0 Å². The maximum absolute atomic E-state index is 10.7. The molecule has 1 heterocycles. The van der Waals surface area contributed by atoms with Crippen LogP contribution in [-0.4, -0.2) is 14.7 Å². The van der Waals surface area contributed by atoms with E-state index in [1.165, 1.54) is 9.72 Å². The smallest absolute Gasteiger partial charge is 0.321 e. The monoisotopic (exact) mass is 238 g/mol. The zero-order valence-corrected chi connectivity index (χ0v) is 8.00. The van der Waals surface area contributed by atoms with Crippen molar-refractivity contribution >= 4 is 23.2 Å². The molecule has 1 rings (SSSR count). The second kappa shape index (κ2) is 2.72. The lowest BCUT2D eigenvalue weighted by atomic mass is 13.8. The molecule has 0 radical (unpaired) electrons. The van der Waals surface area contributed by atoms with E-state index in [-0.39, 0.29) is 0 Å². The van der Waals surface area contributed by atoms with Crippen molar-refractivity contribution in [3.8, 4) is 0 Å². The normalized spacial score (nSPS) is 55.2. The van der Waals surface area contributed by atoms with Crippen LogP contribution in [0.25, 0.3) is 0 Å². The molecule has 0 bridgehead atoms. The van der Waals surface area contributed by atoms with Gasteiger partial charge in [0.2, 0.25) is 0 Å². The third-order valence-corrected chi connectivity index (χ3v) is 6.71. The highest BCUT2D eigenvalue weighted by molar-refractivity contribution is 7.81. The van der Waals surface area contributed by atoms with Gasteiger partial charge in [-0.1, -0.05) is 0 Å². The van der Waals surface area contributed by atoms with Gasteiger partial charge in [0.15, 0.2) is 0 Å². The fourth-order valence-electron chi connectivity index (χ4n) is 0.551. The molecular formula is H5N2O7P3. The highest BCUT2D eigenvalue weighted by Gasteiger charge is 2.47. The molecule has 1 aliphatic heterocycles. The Morgan fingerprint density at radius 2 is 1.25 bits per heavy atom. The van der Waals surface area contributed by atoms with Gasteiger partial charge in [-0.2, -0.15) is 0 Å². The van der Waals surface area contributed by atoms with E-state index in [0.29, 0.717) is 0 Å². The minimum Gasteiger partial charge on any atom is -0.321 e. The summed E-state index contributed by atoms with van der Waals surface area (Å²) in [5, 5.41) is 0. The molecule has 0 amide bonds. The molecule has 1 saturated heterocycles. The van der Waals surface area contributed by atoms with E-state index >= 15 is 0 Å².